The molecule has 0 aliphatic rings. The topological polar surface area (TPSA) is 60.2 Å². The average Bonchev–Trinajstić information content (AvgIpc) is 2.31. The second kappa shape index (κ2) is 10.8. The van der Waals surface area contributed by atoms with Crippen molar-refractivity contribution in [3.05, 3.63) is 0 Å². The Labute approximate surface area is 113 Å². The molecule has 0 aromatic rings. The maximum absolute atomic E-state index is 11.7. The van der Waals surface area contributed by atoms with Crippen LogP contribution in [0.2, 0.25) is 0 Å². The van der Waals surface area contributed by atoms with Gasteiger partial charge in [-0.05, 0) is 12.8 Å². The fraction of sp³-hybridized carbons (Fsp3) is 1.00. The third-order valence-corrected chi connectivity index (χ3v) is 5.15. The predicted molar refractivity (Wildman–Crippen MR) is 79.5 cm³/mol. The first-order valence-corrected chi connectivity index (χ1v) is 9.30. The molecule has 0 amide bonds. The van der Waals surface area contributed by atoms with Gasteiger partial charge in [0.05, 0.1) is 11.5 Å². The number of hydrogen-bond acceptors (Lipinski definition) is 3. The molecule has 110 valence electrons. The lowest BCUT2D eigenvalue weighted by Crippen LogP contribution is -2.30. The second-order valence-electron chi connectivity index (χ2n) is 5.26. The molecule has 0 aromatic carbocycles. The normalized spacial score (nSPS) is 13.7. The Hall–Kier alpha value is -0.0900. The quantitative estimate of drug-likeness (QED) is 0.557. The highest BCUT2D eigenvalue weighted by molar-refractivity contribution is 7.91. The standard InChI is InChI=1S/C14H31NO2S/c1-3-5-6-7-8-9-10-11-12-18(16,17)13-14(15)4-2/h14H,3-13,15H2,1-2H3. The number of hydrogen-bond donors (Lipinski definition) is 1. The molecule has 0 spiro atoms. The molecule has 0 saturated carbocycles. The zero-order valence-corrected chi connectivity index (χ0v) is 13.0. The van der Waals surface area contributed by atoms with Gasteiger partial charge in [0.1, 0.15) is 0 Å². The van der Waals surface area contributed by atoms with E-state index < -0.39 is 9.84 Å². The van der Waals surface area contributed by atoms with Gasteiger partial charge in [-0.3, -0.25) is 0 Å². The third kappa shape index (κ3) is 11.0. The number of nitrogens with two attached hydrogens (primary N) is 1. The summed E-state index contributed by atoms with van der Waals surface area (Å²) in [7, 11) is -2.92. The Morgan fingerprint density at radius 3 is 1.89 bits per heavy atom. The van der Waals surface area contributed by atoms with Gasteiger partial charge in [0.15, 0.2) is 9.84 Å². The number of sulfone groups is 1. The van der Waals surface area contributed by atoms with Crippen LogP contribution in [0.1, 0.15) is 71.6 Å². The number of rotatable bonds is 12. The van der Waals surface area contributed by atoms with Crippen molar-refractivity contribution in [1.29, 1.82) is 0 Å². The smallest absolute Gasteiger partial charge is 0.151 e. The first-order chi connectivity index (χ1) is 8.52. The van der Waals surface area contributed by atoms with E-state index in [1.807, 2.05) is 6.92 Å². The van der Waals surface area contributed by atoms with Gasteiger partial charge in [0.25, 0.3) is 0 Å². The molecule has 0 aliphatic carbocycles. The van der Waals surface area contributed by atoms with Gasteiger partial charge in [0.2, 0.25) is 0 Å². The molecule has 0 heterocycles. The highest BCUT2D eigenvalue weighted by atomic mass is 32.2. The molecule has 0 saturated heterocycles. The maximum Gasteiger partial charge on any atom is 0.151 e. The van der Waals surface area contributed by atoms with E-state index in [2.05, 4.69) is 6.92 Å². The fourth-order valence-electron chi connectivity index (χ4n) is 1.98. The fourth-order valence-corrected chi connectivity index (χ4v) is 3.68. The van der Waals surface area contributed by atoms with Gasteiger partial charge in [-0.15, -0.1) is 0 Å². The molecule has 3 nitrogen and oxygen atoms in total. The first-order valence-electron chi connectivity index (χ1n) is 7.47. The third-order valence-electron chi connectivity index (χ3n) is 3.30. The van der Waals surface area contributed by atoms with E-state index in [1.54, 1.807) is 0 Å². The van der Waals surface area contributed by atoms with Crippen LogP contribution < -0.4 is 5.73 Å². The van der Waals surface area contributed by atoms with Crippen molar-refractivity contribution < 1.29 is 8.42 Å². The summed E-state index contributed by atoms with van der Waals surface area (Å²) in [6.45, 7) is 4.14. The van der Waals surface area contributed by atoms with E-state index >= 15 is 0 Å². The maximum atomic E-state index is 11.7. The molecule has 1 unspecified atom stereocenters. The highest BCUT2D eigenvalue weighted by Crippen LogP contribution is 2.09. The first kappa shape index (κ1) is 17.9. The van der Waals surface area contributed by atoms with Gasteiger partial charge < -0.3 is 5.73 Å². The molecule has 0 radical (unpaired) electrons. The Balaban J connectivity index is 3.47. The van der Waals surface area contributed by atoms with Crippen LogP contribution in [0.5, 0.6) is 0 Å². The minimum atomic E-state index is -2.92. The van der Waals surface area contributed by atoms with E-state index in [9.17, 15) is 8.42 Å². The summed E-state index contributed by atoms with van der Waals surface area (Å²) in [6, 6.07) is -0.191. The van der Waals surface area contributed by atoms with Crippen molar-refractivity contribution in [1.82, 2.24) is 0 Å². The van der Waals surface area contributed by atoms with Crippen molar-refractivity contribution in [2.45, 2.75) is 77.7 Å². The molecule has 2 N–H and O–H groups in total. The molecule has 4 heteroatoms. The van der Waals surface area contributed by atoms with Crippen LogP contribution in [-0.2, 0) is 9.84 Å². The lowest BCUT2D eigenvalue weighted by molar-refractivity contribution is 0.567. The summed E-state index contributed by atoms with van der Waals surface area (Å²) < 4.78 is 23.4. The Bertz CT molecular complexity index is 276. The predicted octanol–water partition coefficient (Wildman–Crippen LogP) is 3.28. The summed E-state index contributed by atoms with van der Waals surface area (Å²) in [5, 5.41) is 0. The highest BCUT2D eigenvalue weighted by Gasteiger charge is 2.14. The van der Waals surface area contributed by atoms with E-state index in [4.69, 9.17) is 5.73 Å². The molecular formula is C14H31NO2S. The van der Waals surface area contributed by atoms with Crippen LogP contribution >= 0.6 is 0 Å². The van der Waals surface area contributed by atoms with Crippen molar-refractivity contribution in [2.24, 2.45) is 5.73 Å². The van der Waals surface area contributed by atoms with E-state index in [-0.39, 0.29) is 11.8 Å². The van der Waals surface area contributed by atoms with Crippen LogP contribution in [0, 0.1) is 0 Å². The zero-order chi connectivity index (χ0) is 13.9. The van der Waals surface area contributed by atoms with Gasteiger partial charge >= 0.3 is 0 Å². The van der Waals surface area contributed by atoms with Crippen LogP contribution in [-0.4, -0.2) is 26.0 Å². The SMILES string of the molecule is CCCCCCCCCCS(=O)(=O)CC(N)CC. The van der Waals surface area contributed by atoms with Crippen molar-refractivity contribution >= 4 is 9.84 Å². The van der Waals surface area contributed by atoms with Crippen LogP contribution in [0.25, 0.3) is 0 Å². The monoisotopic (exact) mass is 277 g/mol. The summed E-state index contributed by atoms with van der Waals surface area (Å²) in [6.07, 6.45) is 10.2. The molecule has 0 aromatic heterocycles. The van der Waals surface area contributed by atoms with Gasteiger partial charge in [0, 0.05) is 6.04 Å². The minimum Gasteiger partial charge on any atom is -0.327 e. The molecule has 0 rings (SSSR count). The minimum absolute atomic E-state index is 0.153. The van der Waals surface area contributed by atoms with Crippen LogP contribution in [0.15, 0.2) is 0 Å². The second-order valence-corrected chi connectivity index (χ2v) is 7.49. The van der Waals surface area contributed by atoms with Crippen LogP contribution in [0.3, 0.4) is 0 Å². The number of unbranched alkanes of at least 4 members (excludes halogenated alkanes) is 7. The van der Waals surface area contributed by atoms with E-state index in [0.717, 1.165) is 19.3 Å². The Morgan fingerprint density at radius 1 is 0.889 bits per heavy atom. The lowest BCUT2D eigenvalue weighted by atomic mass is 10.1. The van der Waals surface area contributed by atoms with Gasteiger partial charge in [-0.1, -0.05) is 58.8 Å². The molecular weight excluding hydrogens is 246 g/mol. The Kier molecular flexibility index (Phi) is 10.7. The van der Waals surface area contributed by atoms with Crippen LogP contribution in [0.4, 0.5) is 0 Å². The molecule has 18 heavy (non-hydrogen) atoms. The van der Waals surface area contributed by atoms with Crippen molar-refractivity contribution in [3.63, 3.8) is 0 Å². The summed E-state index contributed by atoms with van der Waals surface area (Å²) in [5.74, 6) is 0.468. The molecule has 0 aliphatic heterocycles. The zero-order valence-electron chi connectivity index (χ0n) is 12.2. The Morgan fingerprint density at radius 2 is 1.39 bits per heavy atom. The van der Waals surface area contributed by atoms with Crippen molar-refractivity contribution in [2.75, 3.05) is 11.5 Å². The van der Waals surface area contributed by atoms with E-state index in [1.165, 1.54) is 38.5 Å². The van der Waals surface area contributed by atoms with Gasteiger partial charge in [-0.2, -0.15) is 0 Å². The van der Waals surface area contributed by atoms with Gasteiger partial charge in [-0.25, -0.2) is 8.42 Å². The molecule has 0 fully saturated rings. The van der Waals surface area contributed by atoms with E-state index in [0.29, 0.717) is 5.75 Å². The molecule has 0 bridgehead atoms. The molecule has 1 atom stereocenters. The van der Waals surface area contributed by atoms with Crippen molar-refractivity contribution in [3.8, 4) is 0 Å². The average molecular weight is 277 g/mol. The summed E-state index contributed by atoms with van der Waals surface area (Å²) >= 11 is 0. The summed E-state index contributed by atoms with van der Waals surface area (Å²) in [5.41, 5.74) is 5.68. The largest absolute Gasteiger partial charge is 0.327 e. The lowest BCUT2D eigenvalue weighted by Gasteiger charge is -2.09. The summed E-state index contributed by atoms with van der Waals surface area (Å²) in [4.78, 5) is 0.